The van der Waals surface area contributed by atoms with E-state index in [1.54, 1.807) is 24.3 Å². The second-order valence-electron chi connectivity index (χ2n) is 6.25. The van der Waals surface area contributed by atoms with Crippen LogP contribution in [-0.2, 0) is 0 Å². The van der Waals surface area contributed by atoms with E-state index >= 15 is 0 Å². The predicted octanol–water partition coefficient (Wildman–Crippen LogP) is 5.35. The molecule has 0 heterocycles. The van der Waals surface area contributed by atoms with Gasteiger partial charge in [-0.05, 0) is 67.6 Å². The molecule has 3 nitrogen and oxygen atoms in total. The first-order chi connectivity index (χ1) is 11.8. The van der Waals surface area contributed by atoms with E-state index < -0.39 is 0 Å². The van der Waals surface area contributed by atoms with E-state index in [-0.39, 0.29) is 5.97 Å². The van der Waals surface area contributed by atoms with Gasteiger partial charge in [0.05, 0.1) is 12.2 Å². The van der Waals surface area contributed by atoms with Gasteiger partial charge in [-0.1, -0.05) is 31.4 Å². The van der Waals surface area contributed by atoms with E-state index in [2.05, 4.69) is 12.1 Å². The smallest absolute Gasteiger partial charge is 0.343 e. The third kappa shape index (κ3) is 4.16. The van der Waals surface area contributed by atoms with Gasteiger partial charge in [0.15, 0.2) is 0 Å². The van der Waals surface area contributed by atoms with Gasteiger partial charge in [0.1, 0.15) is 11.5 Å². The van der Waals surface area contributed by atoms with Gasteiger partial charge < -0.3 is 9.47 Å². The Bertz CT molecular complexity index is 652. The van der Waals surface area contributed by atoms with Gasteiger partial charge >= 0.3 is 5.97 Å². The highest BCUT2D eigenvalue weighted by Gasteiger charge is 2.15. The molecule has 3 rings (SSSR count). The van der Waals surface area contributed by atoms with Gasteiger partial charge in [-0.2, -0.15) is 0 Å². The minimum Gasteiger partial charge on any atom is -0.494 e. The first kappa shape index (κ1) is 16.6. The molecule has 0 radical (unpaired) electrons. The molecule has 2 aromatic carbocycles. The van der Waals surface area contributed by atoms with Crippen molar-refractivity contribution in [2.24, 2.45) is 0 Å². The monoisotopic (exact) mass is 324 g/mol. The summed E-state index contributed by atoms with van der Waals surface area (Å²) in [7, 11) is 0. The van der Waals surface area contributed by atoms with Crippen LogP contribution < -0.4 is 9.47 Å². The third-order valence-electron chi connectivity index (χ3n) is 4.57. The Labute approximate surface area is 143 Å². The van der Waals surface area contributed by atoms with Crippen LogP contribution in [0, 0.1) is 0 Å². The molecule has 0 aliphatic heterocycles. The molecule has 0 spiro atoms. The highest BCUT2D eigenvalue weighted by molar-refractivity contribution is 5.91. The minimum atomic E-state index is -0.344. The van der Waals surface area contributed by atoms with Crippen molar-refractivity contribution in [1.82, 2.24) is 0 Å². The second-order valence-corrected chi connectivity index (χ2v) is 6.25. The third-order valence-corrected chi connectivity index (χ3v) is 4.57. The number of hydrogen-bond donors (Lipinski definition) is 0. The van der Waals surface area contributed by atoms with Crippen molar-refractivity contribution in [2.45, 2.75) is 44.9 Å². The Morgan fingerprint density at radius 1 is 0.917 bits per heavy atom. The number of rotatable bonds is 5. The molecule has 0 atom stereocenters. The maximum Gasteiger partial charge on any atom is 0.343 e. The highest BCUT2D eigenvalue weighted by Crippen LogP contribution is 2.33. The molecule has 0 aromatic heterocycles. The van der Waals surface area contributed by atoms with Crippen LogP contribution in [0.3, 0.4) is 0 Å². The van der Waals surface area contributed by atoms with Crippen LogP contribution in [0.1, 0.15) is 60.9 Å². The number of hydrogen-bond acceptors (Lipinski definition) is 3. The van der Waals surface area contributed by atoms with Crippen molar-refractivity contribution in [3.63, 3.8) is 0 Å². The molecule has 0 saturated heterocycles. The largest absolute Gasteiger partial charge is 0.494 e. The number of benzene rings is 2. The van der Waals surface area contributed by atoms with Gasteiger partial charge in [0, 0.05) is 0 Å². The standard InChI is InChI=1S/C21H24O3/c1-2-23-19-12-10-18(11-13-19)21(22)24-20-14-8-17(9-15-20)16-6-4-3-5-7-16/h8-16H,2-7H2,1H3. The Balaban J connectivity index is 1.61. The lowest BCUT2D eigenvalue weighted by Crippen LogP contribution is -2.09. The zero-order chi connectivity index (χ0) is 16.8. The van der Waals surface area contributed by atoms with E-state index in [4.69, 9.17) is 9.47 Å². The Morgan fingerprint density at radius 3 is 2.17 bits per heavy atom. The van der Waals surface area contributed by atoms with Crippen molar-refractivity contribution < 1.29 is 14.3 Å². The summed E-state index contributed by atoms with van der Waals surface area (Å²) in [5, 5.41) is 0. The summed E-state index contributed by atoms with van der Waals surface area (Å²) in [4.78, 5) is 12.2. The lowest BCUT2D eigenvalue weighted by molar-refractivity contribution is 0.0734. The molecule has 0 bridgehead atoms. The molecular formula is C21H24O3. The van der Waals surface area contributed by atoms with Crippen molar-refractivity contribution in [3.05, 3.63) is 59.7 Å². The lowest BCUT2D eigenvalue weighted by atomic mass is 9.84. The zero-order valence-corrected chi connectivity index (χ0v) is 14.2. The van der Waals surface area contributed by atoms with Crippen molar-refractivity contribution in [1.29, 1.82) is 0 Å². The fourth-order valence-electron chi connectivity index (χ4n) is 3.26. The molecule has 1 aliphatic rings. The fourth-order valence-corrected chi connectivity index (χ4v) is 3.26. The normalized spacial score (nSPS) is 15.0. The number of ether oxygens (including phenoxy) is 2. The number of carbonyl (C=O) groups excluding carboxylic acids is 1. The lowest BCUT2D eigenvalue weighted by Gasteiger charge is -2.22. The summed E-state index contributed by atoms with van der Waals surface area (Å²) in [6.07, 6.45) is 6.53. The van der Waals surface area contributed by atoms with E-state index in [1.165, 1.54) is 37.7 Å². The van der Waals surface area contributed by atoms with Crippen LogP contribution in [0.2, 0.25) is 0 Å². The first-order valence-electron chi connectivity index (χ1n) is 8.81. The SMILES string of the molecule is CCOc1ccc(C(=O)Oc2ccc(C3CCCCC3)cc2)cc1. The maximum atomic E-state index is 12.2. The first-order valence-corrected chi connectivity index (χ1v) is 8.81. The van der Waals surface area contributed by atoms with Crippen LogP contribution in [0.4, 0.5) is 0 Å². The molecule has 1 aliphatic carbocycles. The average Bonchev–Trinajstić information content (AvgIpc) is 2.64. The molecule has 3 heteroatoms. The average molecular weight is 324 g/mol. The quantitative estimate of drug-likeness (QED) is 0.549. The number of esters is 1. The van der Waals surface area contributed by atoms with Crippen LogP contribution in [0.5, 0.6) is 11.5 Å². The molecule has 0 N–H and O–H groups in total. The van der Waals surface area contributed by atoms with Gasteiger partial charge in [0.25, 0.3) is 0 Å². The summed E-state index contributed by atoms with van der Waals surface area (Å²) >= 11 is 0. The topological polar surface area (TPSA) is 35.5 Å². The van der Waals surface area contributed by atoms with Gasteiger partial charge in [-0.25, -0.2) is 4.79 Å². The fraction of sp³-hybridized carbons (Fsp3) is 0.381. The van der Waals surface area contributed by atoms with E-state index in [9.17, 15) is 4.79 Å². The van der Waals surface area contributed by atoms with E-state index in [0.717, 1.165) is 5.75 Å². The Morgan fingerprint density at radius 2 is 1.54 bits per heavy atom. The number of carbonyl (C=O) groups is 1. The van der Waals surface area contributed by atoms with Gasteiger partial charge in [-0.15, -0.1) is 0 Å². The molecule has 0 unspecified atom stereocenters. The summed E-state index contributed by atoms with van der Waals surface area (Å²) < 4.78 is 10.8. The Hall–Kier alpha value is -2.29. The summed E-state index contributed by atoms with van der Waals surface area (Å²) in [6.45, 7) is 2.54. The molecule has 1 saturated carbocycles. The van der Waals surface area contributed by atoms with E-state index in [0.29, 0.717) is 23.8 Å². The molecular weight excluding hydrogens is 300 g/mol. The summed E-state index contributed by atoms with van der Waals surface area (Å²) in [6, 6.07) is 15.0. The van der Waals surface area contributed by atoms with Crippen molar-refractivity contribution in [3.8, 4) is 11.5 Å². The summed E-state index contributed by atoms with van der Waals surface area (Å²) in [5.74, 6) is 1.66. The van der Waals surface area contributed by atoms with Crippen LogP contribution in [0.25, 0.3) is 0 Å². The van der Waals surface area contributed by atoms with E-state index in [1.807, 2.05) is 19.1 Å². The summed E-state index contributed by atoms with van der Waals surface area (Å²) in [5.41, 5.74) is 1.88. The zero-order valence-electron chi connectivity index (χ0n) is 14.2. The molecule has 2 aromatic rings. The molecule has 0 amide bonds. The minimum absolute atomic E-state index is 0.344. The highest BCUT2D eigenvalue weighted by atomic mass is 16.5. The maximum absolute atomic E-state index is 12.2. The van der Waals surface area contributed by atoms with Gasteiger partial charge in [-0.3, -0.25) is 0 Å². The van der Waals surface area contributed by atoms with Crippen LogP contribution in [-0.4, -0.2) is 12.6 Å². The predicted molar refractivity (Wildman–Crippen MR) is 94.8 cm³/mol. The molecule has 126 valence electrons. The Kier molecular flexibility index (Phi) is 5.52. The van der Waals surface area contributed by atoms with Gasteiger partial charge in [0.2, 0.25) is 0 Å². The second kappa shape index (κ2) is 8.00. The van der Waals surface area contributed by atoms with Crippen LogP contribution in [0.15, 0.2) is 48.5 Å². The van der Waals surface area contributed by atoms with Crippen LogP contribution >= 0.6 is 0 Å². The van der Waals surface area contributed by atoms with Crippen molar-refractivity contribution in [2.75, 3.05) is 6.61 Å². The van der Waals surface area contributed by atoms with Crippen molar-refractivity contribution >= 4 is 5.97 Å². The molecule has 1 fully saturated rings. The molecule has 24 heavy (non-hydrogen) atoms.